The number of urea groups is 1. The average Bonchev–Trinajstić information content (AvgIpc) is 2.71. The monoisotopic (exact) mass is 413 g/mol. The van der Waals surface area contributed by atoms with E-state index in [2.05, 4.69) is 10.2 Å². The van der Waals surface area contributed by atoms with Crippen LogP contribution in [0.4, 0.5) is 10.5 Å². The fourth-order valence-corrected chi connectivity index (χ4v) is 4.00. The number of benzene rings is 3. The van der Waals surface area contributed by atoms with Crippen molar-refractivity contribution in [2.75, 3.05) is 31.5 Å². The topological polar surface area (TPSA) is 35.6 Å². The van der Waals surface area contributed by atoms with Gasteiger partial charge in [-0.2, -0.15) is 0 Å². The summed E-state index contributed by atoms with van der Waals surface area (Å²) in [4.78, 5) is 16.9. The van der Waals surface area contributed by atoms with Gasteiger partial charge in [0.2, 0.25) is 0 Å². The van der Waals surface area contributed by atoms with E-state index in [4.69, 9.17) is 23.2 Å². The molecular formula is C22H21Cl2N3O. The van der Waals surface area contributed by atoms with E-state index in [-0.39, 0.29) is 6.03 Å². The lowest BCUT2D eigenvalue weighted by Crippen LogP contribution is -2.49. The second-order valence-electron chi connectivity index (χ2n) is 6.96. The smallest absolute Gasteiger partial charge is 0.321 e. The van der Waals surface area contributed by atoms with Crippen LogP contribution in [0.15, 0.2) is 60.7 Å². The molecule has 1 saturated heterocycles. The standard InChI is InChI=1S/C22H21Cl2N3O/c23-18-9-8-17(20(24)14-18)15-26-10-12-27(13-11-26)22(28)25-21-7-3-5-16-4-1-2-6-19(16)21/h1-9,14H,10-13,15H2,(H,25,28). The Morgan fingerprint density at radius 1 is 0.929 bits per heavy atom. The summed E-state index contributed by atoms with van der Waals surface area (Å²) in [6.07, 6.45) is 0. The Morgan fingerprint density at radius 3 is 2.46 bits per heavy atom. The Labute approximate surface area is 174 Å². The summed E-state index contributed by atoms with van der Waals surface area (Å²) in [5.74, 6) is 0. The van der Waals surface area contributed by atoms with E-state index < -0.39 is 0 Å². The number of rotatable bonds is 3. The lowest BCUT2D eigenvalue weighted by molar-refractivity contribution is 0.143. The minimum atomic E-state index is -0.0551. The number of nitrogens with one attached hydrogen (secondary N) is 1. The van der Waals surface area contributed by atoms with Crippen molar-refractivity contribution in [2.24, 2.45) is 0 Å². The van der Waals surface area contributed by atoms with Crippen molar-refractivity contribution in [1.82, 2.24) is 9.80 Å². The first kappa shape index (κ1) is 19.1. The van der Waals surface area contributed by atoms with Crippen molar-refractivity contribution in [3.8, 4) is 0 Å². The maximum Gasteiger partial charge on any atom is 0.321 e. The Balaban J connectivity index is 1.36. The first-order chi connectivity index (χ1) is 13.6. The van der Waals surface area contributed by atoms with Crippen molar-refractivity contribution in [1.29, 1.82) is 0 Å². The molecule has 1 N–H and O–H groups in total. The third-order valence-corrected chi connectivity index (χ3v) is 5.69. The largest absolute Gasteiger partial charge is 0.322 e. The molecule has 1 aliphatic rings. The molecule has 144 valence electrons. The van der Waals surface area contributed by atoms with E-state index in [1.807, 2.05) is 59.5 Å². The zero-order valence-corrected chi connectivity index (χ0v) is 16.9. The normalized spacial score (nSPS) is 15.0. The molecule has 0 spiro atoms. The summed E-state index contributed by atoms with van der Waals surface area (Å²) < 4.78 is 0. The number of piperazine rings is 1. The lowest BCUT2D eigenvalue weighted by atomic mass is 10.1. The highest BCUT2D eigenvalue weighted by Gasteiger charge is 2.22. The van der Waals surface area contributed by atoms with Gasteiger partial charge in [-0.3, -0.25) is 4.90 Å². The van der Waals surface area contributed by atoms with Gasteiger partial charge in [-0.25, -0.2) is 4.79 Å². The summed E-state index contributed by atoms with van der Waals surface area (Å²) in [5.41, 5.74) is 1.90. The van der Waals surface area contributed by atoms with Crippen LogP contribution in [0.2, 0.25) is 10.0 Å². The highest BCUT2D eigenvalue weighted by atomic mass is 35.5. The van der Waals surface area contributed by atoms with Gasteiger partial charge in [-0.1, -0.05) is 65.7 Å². The Kier molecular flexibility index (Phi) is 5.72. The molecule has 0 saturated carbocycles. The van der Waals surface area contributed by atoms with E-state index in [0.717, 1.165) is 41.7 Å². The highest BCUT2D eigenvalue weighted by molar-refractivity contribution is 6.35. The number of halogens is 2. The molecule has 0 unspecified atom stereocenters. The summed E-state index contributed by atoms with van der Waals surface area (Å²) in [6, 6.07) is 19.5. The molecule has 0 aromatic heterocycles. The van der Waals surface area contributed by atoms with Crippen molar-refractivity contribution in [2.45, 2.75) is 6.54 Å². The molecule has 1 aliphatic heterocycles. The lowest BCUT2D eigenvalue weighted by Gasteiger charge is -2.35. The van der Waals surface area contributed by atoms with Crippen LogP contribution in [0.3, 0.4) is 0 Å². The summed E-state index contributed by atoms with van der Waals surface area (Å²) in [6.45, 7) is 3.74. The van der Waals surface area contributed by atoms with E-state index in [0.29, 0.717) is 23.1 Å². The molecule has 4 nitrogen and oxygen atoms in total. The summed E-state index contributed by atoms with van der Waals surface area (Å²) in [5, 5.41) is 6.56. The van der Waals surface area contributed by atoms with Gasteiger partial charge in [0.15, 0.2) is 0 Å². The molecule has 6 heteroatoms. The van der Waals surface area contributed by atoms with Crippen molar-refractivity contribution < 1.29 is 4.79 Å². The van der Waals surface area contributed by atoms with Crippen LogP contribution in [0.5, 0.6) is 0 Å². The first-order valence-corrected chi connectivity index (χ1v) is 10.1. The van der Waals surface area contributed by atoms with Crippen LogP contribution in [0.25, 0.3) is 10.8 Å². The number of anilines is 1. The quantitative estimate of drug-likeness (QED) is 0.615. The maximum atomic E-state index is 12.7. The van der Waals surface area contributed by atoms with Gasteiger partial charge in [0.1, 0.15) is 0 Å². The van der Waals surface area contributed by atoms with E-state index in [1.54, 1.807) is 6.07 Å². The summed E-state index contributed by atoms with van der Waals surface area (Å²) in [7, 11) is 0. The Hall–Kier alpha value is -2.27. The molecule has 28 heavy (non-hydrogen) atoms. The number of carbonyl (C=O) groups excluding carboxylic acids is 1. The van der Waals surface area contributed by atoms with Crippen LogP contribution >= 0.6 is 23.2 Å². The number of carbonyl (C=O) groups is 1. The zero-order chi connectivity index (χ0) is 19.5. The molecule has 1 fully saturated rings. The van der Waals surface area contributed by atoms with Gasteiger partial charge in [-0.15, -0.1) is 0 Å². The van der Waals surface area contributed by atoms with Crippen molar-refractivity contribution >= 4 is 45.7 Å². The van der Waals surface area contributed by atoms with Gasteiger partial charge in [0, 0.05) is 48.2 Å². The number of amides is 2. The molecule has 2 amide bonds. The number of nitrogens with zero attached hydrogens (tertiary/aromatic N) is 2. The minimum absolute atomic E-state index is 0.0551. The number of hydrogen-bond acceptors (Lipinski definition) is 2. The maximum absolute atomic E-state index is 12.7. The van der Waals surface area contributed by atoms with Crippen molar-refractivity contribution in [3.05, 3.63) is 76.3 Å². The van der Waals surface area contributed by atoms with E-state index in [9.17, 15) is 4.79 Å². The fraction of sp³-hybridized carbons (Fsp3) is 0.227. The van der Waals surface area contributed by atoms with Crippen LogP contribution < -0.4 is 5.32 Å². The predicted octanol–water partition coefficient (Wildman–Crippen LogP) is 5.50. The molecule has 3 aromatic rings. The van der Waals surface area contributed by atoms with E-state index in [1.165, 1.54) is 0 Å². The second-order valence-corrected chi connectivity index (χ2v) is 7.80. The molecular weight excluding hydrogens is 393 g/mol. The van der Waals surface area contributed by atoms with Crippen molar-refractivity contribution in [3.63, 3.8) is 0 Å². The highest BCUT2D eigenvalue weighted by Crippen LogP contribution is 2.24. The molecule has 3 aromatic carbocycles. The Bertz CT molecular complexity index is 995. The van der Waals surface area contributed by atoms with Crippen LogP contribution in [0.1, 0.15) is 5.56 Å². The molecule has 0 aliphatic carbocycles. The van der Waals surface area contributed by atoms with Gasteiger partial charge in [0.25, 0.3) is 0 Å². The van der Waals surface area contributed by atoms with Crippen LogP contribution in [-0.4, -0.2) is 42.0 Å². The third kappa shape index (κ3) is 4.25. The zero-order valence-electron chi connectivity index (χ0n) is 15.4. The molecule has 1 heterocycles. The third-order valence-electron chi connectivity index (χ3n) is 5.10. The first-order valence-electron chi connectivity index (χ1n) is 9.30. The van der Waals surface area contributed by atoms with Gasteiger partial charge < -0.3 is 10.2 Å². The predicted molar refractivity (Wildman–Crippen MR) is 116 cm³/mol. The number of hydrogen-bond donors (Lipinski definition) is 1. The molecule has 0 bridgehead atoms. The SMILES string of the molecule is O=C(Nc1cccc2ccccc12)N1CCN(Cc2ccc(Cl)cc2Cl)CC1. The van der Waals surface area contributed by atoms with Gasteiger partial charge in [-0.05, 0) is 29.1 Å². The van der Waals surface area contributed by atoms with Crippen LogP contribution in [-0.2, 0) is 6.54 Å². The number of fused-ring (bicyclic) bond motifs is 1. The van der Waals surface area contributed by atoms with Gasteiger partial charge >= 0.3 is 6.03 Å². The van der Waals surface area contributed by atoms with E-state index >= 15 is 0 Å². The van der Waals surface area contributed by atoms with Gasteiger partial charge in [0.05, 0.1) is 5.69 Å². The minimum Gasteiger partial charge on any atom is -0.322 e. The fourth-order valence-electron chi connectivity index (χ4n) is 3.53. The Morgan fingerprint density at radius 2 is 1.68 bits per heavy atom. The average molecular weight is 414 g/mol. The molecule has 0 atom stereocenters. The van der Waals surface area contributed by atoms with Crippen LogP contribution in [0, 0.1) is 0 Å². The molecule has 4 rings (SSSR count). The molecule has 0 radical (unpaired) electrons. The summed E-state index contributed by atoms with van der Waals surface area (Å²) >= 11 is 12.2. The second kappa shape index (κ2) is 8.39.